The summed E-state index contributed by atoms with van der Waals surface area (Å²) in [6.07, 6.45) is 3.03. The Labute approximate surface area is 222 Å². The van der Waals surface area contributed by atoms with E-state index in [-0.39, 0.29) is 31.6 Å². The third-order valence-electron chi connectivity index (χ3n) is 7.34. The van der Waals surface area contributed by atoms with Gasteiger partial charge >= 0.3 is 5.97 Å². The lowest BCUT2D eigenvalue weighted by molar-refractivity contribution is -0.160. The maximum absolute atomic E-state index is 14.0. The highest BCUT2D eigenvalue weighted by Gasteiger charge is 2.40. The summed E-state index contributed by atoms with van der Waals surface area (Å²) < 4.78 is 12.4. The molecule has 1 fully saturated rings. The fraction of sp³-hybridized carbons (Fsp3) is 0.323. The molecule has 3 aromatic carbocycles. The first-order chi connectivity index (χ1) is 18.5. The molecule has 1 amide bonds. The van der Waals surface area contributed by atoms with Gasteiger partial charge in [0.05, 0.1) is 11.7 Å². The van der Waals surface area contributed by atoms with Crippen LogP contribution in [-0.2, 0) is 33.9 Å². The third-order valence-corrected chi connectivity index (χ3v) is 7.34. The quantitative estimate of drug-likeness (QED) is 0.449. The van der Waals surface area contributed by atoms with Gasteiger partial charge in [-0.25, -0.2) is 4.79 Å². The zero-order chi connectivity index (χ0) is 26.5. The maximum atomic E-state index is 14.0. The highest BCUT2D eigenvalue weighted by molar-refractivity contribution is 5.88. The Hall–Kier alpha value is -4.15. The highest BCUT2D eigenvalue weighted by atomic mass is 16.5. The second kappa shape index (κ2) is 11.5. The lowest BCUT2D eigenvalue weighted by Crippen LogP contribution is -2.50. The van der Waals surface area contributed by atoms with Gasteiger partial charge in [0.15, 0.2) is 6.10 Å². The predicted octanol–water partition coefficient (Wildman–Crippen LogP) is 5.18. The Morgan fingerprint density at radius 2 is 1.68 bits per heavy atom. The van der Waals surface area contributed by atoms with E-state index in [9.17, 15) is 20.0 Å². The number of carboxylic acids is 1. The Morgan fingerprint density at radius 1 is 1.00 bits per heavy atom. The van der Waals surface area contributed by atoms with Gasteiger partial charge < -0.3 is 19.5 Å². The molecule has 7 heteroatoms. The lowest BCUT2D eigenvalue weighted by Gasteiger charge is -2.37. The molecule has 0 spiro atoms. The van der Waals surface area contributed by atoms with Gasteiger partial charge in [-0.05, 0) is 35.6 Å². The van der Waals surface area contributed by atoms with Crippen LogP contribution in [0.25, 0.3) is 0 Å². The van der Waals surface area contributed by atoms with Crippen molar-refractivity contribution in [3.05, 3.63) is 101 Å². The first kappa shape index (κ1) is 25.5. The van der Waals surface area contributed by atoms with Gasteiger partial charge in [0, 0.05) is 18.5 Å². The van der Waals surface area contributed by atoms with Crippen LogP contribution in [0.4, 0.5) is 0 Å². The molecule has 7 nitrogen and oxygen atoms in total. The predicted molar refractivity (Wildman–Crippen MR) is 140 cm³/mol. The van der Waals surface area contributed by atoms with Crippen LogP contribution in [0.5, 0.6) is 5.75 Å². The molecule has 1 saturated carbocycles. The van der Waals surface area contributed by atoms with Crippen molar-refractivity contribution in [1.82, 2.24) is 4.90 Å². The first-order valence-corrected chi connectivity index (χ1v) is 13.0. The summed E-state index contributed by atoms with van der Waals surface area (Å²) in [7, 11) is 0. The molecule has 1 N–H and O–H groups in total. The Bertz CT molecular complexity index is 1330. The number of aliphatic carboxylic acids is 1. The van der Waals surface area contributed by atoms with Crippen molar-refractivity contribution in [3.63, 3.8) is 0 Å². The number of hydrogen-bond acceptors (Lipinski definition) is 5. The van der Waals surface area contributed by atoms with Crippen LogP contribution in [0.1, 0.15) is 59.6 Å². The second-order valence-electron chi connectivity index (χ2n) is 9.82. The van der Waals surface area contributed by atoms with Crippen molar-refractivity contribution >= 4 is 11.9 Å². The molecule has 1 heterocycles. The zero-order valence-corrected chi connectivity index (χ0v) is 21.1. The molecule has 38 heavy (non-hydrogen) atoms. The number of rotatable bonds is 8. The van der Waals surface area contributed by atoms with Gasteiger partial charge in [0.1, 0.15) is 24.5 Å². The molecule has 1 aliphatic carbocycles. The minimum absolute atomic E-state index is 0.0271. The van der Waals surface area contributed by atoms with E-state index < -0.39 is 18.1 Å². The van der Waals surface area contributed by atoms with Crippen LogP contribution in [-0.4, -0.2) is 34.0 Å². The summed E-state index contributed by atoms with van der Waals surface area (Å²) in [5.41, 5.74) is 3.42. The van der Waals surface area contributed by atoms with E-state index in [1.54, 1.807) is 12.1 Å². The van der Waals surface area contributed by atoms with E-state index in [2.05, 4.69) is 6.07 Å². The number of carboxylic acid groups (broad SMARTS) is 1. The lowest BCUT2D eigenvalue weighted by atomic mass is 9.90. The van der Waals surface area contributed by atoms with Crippen molar-refractivity contribution in [3.8, 4) is 11.8 Å². The molecule has 0 unspecified atom stereocenters. The van der Waals surface area contributed by atoms with Crippen LogP contribution < -0.4 is 4.74 Å². The monoisotopic (exact) mass is 510 g/mol. The Kier molecular flexibility index (Phi) is 7.71. The fourth-order valence-electron chi connectivity index (χ4n) is 5.35. The van der Waals surface area contributed by atoms with Gasteiger partial charge in [-0.3, -0.25) is 4.79 Å². The number of carbonyl (C=O) groups excluding carboxylic acids is 1. The molecule has 0 radical (unpaired) electrons. The van der Waals surface area contributed by atoms with Crippen molar-refractivity contribution in [2.75, 3.05) is 0 Å². The SMILES string of the molecule is N#Cc1ccc2c(c1OCc1ccccc1)C[C@@H](C(=O)O)N(C(=O)[C@@H](OC1CCCC1)c1ccccc1)C2. The minimum atomic E-state index is -1.11. The van der Waals surface area contributed by atoms with E-state index in [0.29, 0.717) is 22.4 Å². The van der Waals surface area contributed by atoms with E-state index in [4.69, 9.17) is 9.47 Å². The second-order valence-corrected chi connectivity index (χ2v) is 9.82. The Balaban J connectivity index is 1.46. The van der Waals surface area contributed by atoms with E-state index in [1.165, 1.54) is 4.90 Å². The molecular formula is C31H30N2O5. The van der Waals surface area contributed by atoms with Gasteiger partial charge in [-0.1, -0.05) is 79.6 Å². The van der Waals surface area contributed by atoms with E-state index in [1.807, 2.05) is 60.7 Å². The molecular weight excluding hydrogens is 480 g/mol. The van der Waals surface area contributed by atoms with Crippen LogP contribution in [0, 0.1) is 11.3 Å². The molecule has 0 aromatic heterocycles. The molecule has 2 atom stereocenters. The number of nitrogens with zero attached hydrogens (tertiary/aromatic N) is 2. The maximum Gasteiger partial charge on any atom is 0.326 e. The standard InChI is InChI=1S/C31H30N2O5/c32-18-23-15-16-24-19-33(30(34)29(22-11-5-2-6-12-22)38-25-13-7-8-14-25)27(31(35)36)17-26(24)28(23)37-20-21-9-3-1-4-10-21/h1-6,9-12,15-16,25,27,29H,7-8,13-14,17,19-20H2,(H,35,36)/t27-,29-/m0/s1. The number of nitriles is 1. The number of hydrogen-bond donors (Lipinski definition) is 1. The summed E-state index contributed by atoms with van der Waals surface area (Å²) >= 11 is 0. The van der Waals surface area contributed by atoms with Crippen molar-refractivity contribution in [1.29, 1.82) is 5.26 Å². The summed E-state index contributed by atoms with van der Waals surface area (Å²) in [6, 6.07) is 23.4. The number of amides is 1. The fourth-order valence-corrected chi connectivity index (χ4v) is 5.35. The van der Waals surface area contributed by atoms with Crippen LogP contribution in [0.3, 0.4) is 0 Å². The summed E-state index contributed by atoms with van der Waals surface area (Å²) in [5, 5.41) is 19.9. The number of fused-ring (bicyclic) bond motifs is 1. The molecule has 194 valence electrons. The zero-order valence-electron chi connectivity index (χ0n) is 21.1. The normalized spacial score (nSPS) is 17.9. The van der Waals surface area contributed by atoms with Crippen molar-refractivity contribution in [2.24, 2.45) is 0 Å². The minimum Gasteiger partial charge on any atom is -0.487 e. The molecule has 3 aromatic rings. The molecule has 0 saturated heterocycles. The summed E-state index contributed by atoms with van der Waals surface area (Å²) in [6.45, 7) is 0.341. The van der Waals surface area contributed by atoms with Crippen LogP contribution in [0.15, 0.2) is 72.8 Å². The van der Waals surface area contributed by atoms with E-state index in [0.717, 1.165) is 36.8 Å². The van der Waals surface area contributed by atoms with Gasteiger partial charge in [-0.15, -0.1) is 0 Å². The molecule has 5 rings (SSSR count). The van der Waals surface area contributed by atoms with Crippen molar-refractivity contribution in [2.45, 2.75) is 63.5 Å². The smallest absolute Gasteiger partial charge is 0.326 e. The van der Waals surface area contributed by atoms with E-state index >= 15 is 0 Å². The number of carbonyl (C=O) groups is 2. The Morgan fingerprint density at radius 3 is 2.34 bits per heavy atom. The first-order valence-electron chi connectivity index (χ1n) is 13.0. The van der Waals surface area contributed by atoms with Crippen LogP contribution in [0.2, 0.25) is 0 Å². The largest absolute Gasteiger partial charge is 0.487 e. The number of benzene rings is 3. The number of ether oxygens (including phenoxy) is 2. The average molecular weight is 511 g/mol. The summed E-state index contributed by atoms with van der Waals surface area (Å²) in [4.78, 5) is 27.9. The average Bonchev–Trinajstić information content (AvgIpc) is 3.48. The molecule has 0 bridgehead atoms. The van der Waals surface area contributed by atoms with Gasteiger partial charge in [-0.2, -0.15) is 5.26 Å². The molecule has 1 aliphatic heterocycles. The highest BCUT2D eigenvalue weighted by Crippen LogP contribution is 2.37. The third kappa shape index (κ3) is 5.41. The topological polar surface area (TPSA) is 99.9 Å². The summed E-state index contributed by atoms with van der Waals surface area (Å²) in [5.74, 6) is -1.08. The van der Waals surface area contributed by atoms with Gasteiger partial charge in [0.2, 0.25) is 0 Å². The van der Waals surface area contributed by atoms with Gasteiger partial charge in [0.25, 0.3) is 5.91 Å². The molecule has 2 aliphatic rings. The van der Waals surface area contributed by atoms with Crippen molar-refractivity contribution < 1.29 is 24.2 Å². The van der Waals surface area contributed by atoms with Crippen LogP contribution >= 0.6 is 0 Å².